The van der Waals surface area contributed by atoms with Crippen molar-refractivity contribution in [1.82, 2.24) is 4.98 Å². The molecule has 1 atom stereocenters. The third-order valence-electron chi connectivity index (χ3n) is 2.67. The van der Waals surface area contributed by atoms with Crippen LogP contribution in [0.15, 0.2) is 17.5 Å². The lowest BCUT2D eigenvalue weighted by Gasteiger charge is -2.07. The first-order valence-corrected chi connectivity index (χ1v) is 7.61. The van der Waals surface area contributed by atoms with Crippen LogP contribution < -0.4 is 5.73 Å². The predicted molar refractivity (Wildman–Crippen MR) is 75.9 cm³/mol. The van der Waals surface area contributed by atoms with Crippen molar-refractivity contribution < 1.29 is 0 Å². The van der Waals surface area contributed by atoms with Crippen molar-refractivity contribution in [3.8, 4) is 0 Å². The van der Waals surface area contributed by atoms with Crippen LogP contribution in [0.25, 0.3) is 0 Å². The average molecular weight is 266 g/mol. The number of aryl methyl sites for hydroxylation is 2. The maximum absolute atomic E-state index is 6.17. The van der Waals surface area contributed by atoms with Gasteiger partial charge >= 0.3 is 0 Å². The molecular weight excluding hydrogens is 248 g/mol. The van der Waals surface area contributed by atoms with Crippen LogP contribution in [0.5, 0.6) is 0 Å². The Balaban J connectivity index is 1.90. The van der Waals surface area contributed by atoms with Gasteiger partial charge in [-0.25, -0.2) is 4.98 Å². The van der Waals surface area contributed by atoms with Crippen molar-refractivity contribution in [3.63, 3.8) is 0 Å². The molecule has 17 heavy (non-hydrogen) atoms. The number of hydrogen-bond acceptors (Lipinski definition) is 4. The Bertz CT molecular complexity index is 473. The third-order valence-corrected chi connectivity index (χ3v) is 4.74. The predicted octanol–water partition coefficient (Wildman–Crippen LogP) is 3.19. The zero-order valence-electron chi connectivity index (χ0n) is 10.3. The van der Waals surface area contributed by atoms with Gasteiger partial charge in [0.2, 0.25) is 0 Å². The summed E-state index contributed by atoms with van der Waals surface area (Å²) in [7, 11) is 0. The first-order valence-electron chi connectivity index (χ1n) is 5.91. The van der Waals surface area contributed by atoms with Gasteiger partial charge in [-0.15, -0.1) is 22.7 Å². The van der Waals surface area contributed by atoms with Crippen molar-refractivity contribution in [3.05, 3.63) is 38.0 Å². The van der Waals surface area contributed by atoms with Crippen molar-refractivity contribution in [2.45, 2.75) is 39.2 Å². The molecule has 0 aliphatic carbocycles. The number of nitrogens with two attached hydrogens (primary N) is 1. The van der Waals surface area contributed by atoms with Gasteiger partial charge in [-0.2, -0.15) is 0 Å². The highest BCUT2D eigenvalue weighted by Crippen LogP contribution is 2.19. The summed E-state index contributed by atoms with van der Waals surface area (Å²) in [5, 5.41) is 3.23. The van der Waals surface area contributed by atoms with E-state index in [1.54, 1.807) is 11.3 Å². The summed E-state index contributed by atoms with van der Waals surface area (Å²) >= 11 is 3.58. The lowest BCUT2D eigenvalue weighted by molar-refractivity contribution is 0.661. The molecule has 2 rings (SSSR count). The van der Waals surface area contributed by atoms with Crippen LogP contribution in [0.2, 0.25) is 0 Å². The van der Waals surface area contributed by atoms with E-state index in [1.165, 1.54) is 9.75 Å². The lowest BCUT2D eigenvalue weighted by Crippen LogP contribution is -2.25. The molecule has 0 aliphatic heterocycles. The molecule has 2 aromatic heterocycles. The average Bonchev–Trinajstić information content (AvgIpc) is 2.88. The number of rotatable bonds is 5. The minimum absolute atomic E-state index is 0.180. The van der Waals surface area contributed by atoms with E-state index in [1.807, 2.05) is 18.3 Å². The van der Waals surface area contributed by atoms with Crippen LogP contribution in [0, 0.1) is 6.92 Å². The van der Waals surface area contributed by atoms with E-state index in [2.05, 4.69) is 29.4 Å². The molecule has 2 N–H and O–H groups in total. The van der Waals surface area contributed by atoms with Gasteiger partial charge in [-0.1, -0.05) is 6.92 Å². The SMILES string of the molecule is CCc1ccc(CC(N)Cc2csc(C)n2)s1. The molecule has 0 saturated heterocycles. The fraction of sp³-hybridized carbons (Fsp3) is 0.462. The Hall–Kier alpha value is -0.710. The molecule has 92 valence electrons. The van der Waals surface area contributed by atoms with E-state index in [0.29, 0.717) is 0 Å². The topological polar surface area (TPSA) is 38.9 Å². The van der Waals surface area contributed by atoms with E-state index in [0.717, 1.165) is 30.0 Å². The van der Waals surface area contributed by atoms with Crippen LogP contribution in [0.3, 0.4) is 0 Å². The molecule has 1 unspecified atom stereocenters. The summed E-state index contributed by atoms with van der Waals surface area (Å²) < 4.78 is 0. The first kappa shape index (κ1) is 12.7. The molecular formula is C13H18N2S2. The van der Waals surface area contributed by atoms with Crippen LogP contribution >= 0.6 is 22.7 Å². The number of thiophene rings is 1. The first-order chi connectivity index (χ1) is 8.17. The van der Waals surface area contributed by atoms with Gasteiger partial charge < -0.3 is 5.73 Å². The van der Waals surface area contributed by atoms with E-state index < -0.39 is 0 Å². The fourth-order valence-electron chi connectivity index (χ4n) is 1.82. The summed E-state index contributed by atoms with van der Waals surface area (Å²) in [5.74, 6) is 0. The molecule has 0 amide bonds. The Kier molecular flexibility index (Phi) is 4.31. The summed E-state index contributed by atoms with van der Waals surface area (Å²) in [6.07, 6.45) is 2.95. The van der Waals surface area contributed by atoms with Gasteiger partial charge in [-0.3, -0.25) is 0 Å². The van der Waals surface area contributed by atoms with Crippen molar-refractivity contribution in [2.75, 3.05) is 0 Å². The van der Waals surface area contributed by atoms with Crippen LogP contribution in [-0.2, 0) is 19.3 Å². The largest absolute Gasteiger partial charge is 0.327 e. The minimum Gasteiger partial charge on any atom is -0.327 e. The summed E-state index contributed by atoms with van der Waals surface area (Å²) in [4.78, 5) is 7.29. The minimum atomic E-state index is 0.180. The highest BCUT2D eigenvalue weighted by Gasteiger charge is 2.09. The van der Waals surface area contributed by atoms with E-state index in [-0.39, 0.29) is 6.04 Å². The van der Waals surface area contributed by atoms with Crippen molar-refractivity contribution in [2.24, 2.45) is 5.73 Å². The van der Waals surface area contributed by atoms with Crippen molar-refractivity contribution in [1.29, 1.82) is 0 Å². The normalized spacial score (nSPS) is 12.9. The smallest absolute Gasteiger partial charge is 0.0897 e. The lowest BCUT2D eigenvalue weighted by atomic mass is 10.1. The van der Waals surface area contributed by atoms with Gasteiger partial charge in [0.1, 0.15) is 0 Å². The summed E-state index contributed by atoms with van der Waals surface area (Å²) in [5.41, 5.74) is 7.30. The molecule has 0 bridgehead atoms. The van der Waals surface area contributed by atoms with Gasteiger partial charge in [0.15, 0.2) is 0 Å². The second kappa shape index (κ2) is 5.76. The molecule has 0 saturated carbocycles. The standard InChI is InChI=1S/C13H18N2S2/c1-3-12-4-5-13(17-12)7-10(14)6-11-8-16-9(2)15-11/h4-5,8,10H,3,6-7,14H2,1-2H3. The van der Waals surface area contributed by atoms with Gasteiger partial charge in [-0.05, 0) is 31.9 Å². The fourth-order valence-corrected chi connectivity index (χ4v) is 3.50. The Morgan fingerprint density at radius 1 is 1.29 bits per heavy atom. The third kappa shape index (κ3) is 3.63. The highest BCUT2D eigenvalue weighted by molar-refractivity contribution is 7.12. The zero-order valence-corrected chi connectivity index (χ0v) is 11.9. The molecule has 0 fully saturated rings. The van der Waals surface area contributed by atoms with Crippen LogP contribution in [0.1, 0.15) is 27.4 Å². The summed E-state index contributed by atoms with van der Waals surface area (Å²) in [6, 6.07) is 4.59. The number of aromatic nitrogens is 1. The van der Waals surface area contributed by atoms with Crippen LogP contribution in [0.4, 0.5) is 0 Å². The second-order valence-corrected chi connectivity index (χ2v) is 6.56. The molecule has 0 radical (unpaired) electrons. The van der Waals surface area contributed by atoms with Crippen LogP contribution in [-0.4, -0.2) is 11.0 Å². The Morgan fingerprint density at radius 2 is 2.06 bits per heavy atom. The van der Waals surface area contributed by atoms with Gasteiger partial charge in [0.25, 0.3) is 0 Å². The van der Waals surface area contributed by atoms with Gasteiger partial charge in [0.05, 0.1) is 10.7 Å². The Morgan fingerprint density at radius 3 is 2.65 bits per heavy atom. The van der Waals surface area contributed by atoms with E-state index >= 15 is 0 Å². The molecule has 0 spiro atoms. The number of thiazole rings is 1. The zero-order chi connectivity index (χ0) is 12.3. The van der Waals surface area contributed by atoms with Gasteiger partial charge in [0, 0.05) is 27.6 Å². The molecule has 4 heteroatoms. The second-order valence-electron chi connectivity index (χ2n) is 4.25. The number of nitrogens with zero attached hydrogens (tertiary/aromatic N) is 1. The molecule has 2 aromatic rings. The maximum Gasteiger partial charge on any atom is 0.0897 e. The molecule has 2 heterocycles. The number of hydrogen-bond donors (Lipinski definition) is 1. The molecule has 0 aliphatic rings. The Labute approximate surface area is 111 Å². The quantitative estimate of drug-likeness (QED) is 0.902. The monoisotopic (exact) mass is 266 g/mol. The maximum atomic E-state index is 6.17. The highest BCUT2D eigenvalue weighted by atomic mass is 32.1. The van der Waals surface area contributed by atoms with E-state index in [4.69, 9.17) is 5.73 Å². The van der Waals surface area contributed by atoms with E-state index in [9.17, 15) is 0 Å². The molecule has 2 nitrogen and oxygen atoms in total. The van der Waals surface area contributed by atoms with Crippen molar-refractivity contribution >= 4 is 22.7 Å². The molecule has 0 aromatic carbocycles. The summed E-state index contributed by atoms with van der Waals surface area (Å²) in [6.45, 7) is 4.22.